The number of nitrogens with one attached hydrogen (secondary N) is 1. The lowest BCUT2D eigenvalue weighted by atomic mass is 10.0. The second-order valence-corrected chi connectivity index (χ2v) is 8.12. The van der Waals surface area contributed by atoms with Crippen molar-refractivity contribution in [3.63, 3.8) is 0 Å². The Morgan fingerprint density at radius 2 is 1.94 bits per heavy atom. The summed E-state index contributed by atoms with van der Waals surface area (Å²) in [6.45, 7) is 10.4. The molecule has 0 atom stereocenters. The van der Waals surface area contributed by atoms with Gasteiger partial charge in [-0.2, -0.15) is 5.10 Å². The number of piperidine rings is 1. The molecule has 0 saturated carbocycles. The van der Waals surface area contributed by atoms with Crippen LogP contribution in [0.3, 0.4) is 0 Å². The average Bonchev–Trinajstić information content (AvgIpc) is 3.32. The van der Waals surface area contributed by atoms with E-state index < -0.39 is 0 Å². The van der Waals surface area contributed by atoms with Crippen LogP contribution in [0.1, 0.15) is 40.0 Å². The fraction of sp³-hybridized carbons (Fsp3) is 0.320. The van der Waals surface area contributed by atoms with E-state index >= 15 is 0 Å². The monoisotopic (exact) mass is 459 g/mol. The summed E-state index contributed by atoms with van der Waals surface area (Å²) >= 11 is 0. The fourth-order valence-electron chi connectivity index (χ4n) is 4.20. The van der Waals surface area contributed by atoms with Gasteiger partial charge in [0.05, 0.1) is 24.1 Å². The minimum absolute atomic E-state index is 0.367. The van der Waals surface area contributed by atoms with E-state index in [0.717, 1.165) is 60.0 Å². The van der Waals surface area contributed by atoms with Crippen LogP contribution >= 0.6 is 0 Å². The third-order valence-electron chi connectivity index (χ3n) is 6.11. The maximum Gasteiger partial charge on any atom is 0.339 e. The number of esters is 1. The number of aromatic nitrogens is 5. The summed E-state index contributed by atoms with van der Waals surface area (Å²) in [6.07, 6.45) is 8.86. The molecule has 1 aliphatic heterocycles. The zero-order valence-corrected chi connectivity index (χ0v) is 19.6. The summed E-state index contributed by atoms with van der Waals surface area (Å²) in [6, 6.07) is 5.87. The first-order valence-corrected chi connectivity index (χ1v) is 11.2. The predicted molar refractivity (Wildman–Crippen MR) is 132 cm³/mol. The number of anilines is 1. The molecule has 0 spiro atoms. The van der Waals surface area contributed by atoms with E-state index in [1.807, 2.05) is 31.3 Å². The fourth-order valence-corrected chi connectivity index (χ4v) is 4.20. The molecule has 1 N–H and O–H groups in total. The molecule has 3 aromatic heterocycles. The number of aryl methyl sites for hydroxylation is 1. The molecule has 176 valence electrons. The normalized spacial score (nSPS) is 14.1. The van der Waals surface area contributed by atoms with Gasteiger partial charge in [0.1, 0.15) is 5.69 Å². The quantitative estimate of drug-likeness (QED) is 0.513. The predicted octanol–water partition coefficient (Wildman–Crippen LogP) is 3.10. The van der Waals surface area contributed by atoms with E-state index in [4.69, 9.17) is 4.74 Å². The van der Waals surface area contributed by atoms with Crippen molar-refractivity contribution in [1.29, 1.82) is 0 Å². The maximum atomic E-state index is 11.5. The van der Waals surface area contributed by atoms with E-state index in [0.29, 0.717) is 18.2 Å². The second kappa shape index (κ2) is 10.4. The molecule has 9 nitrogen and oxygen atoms in total. The lowest BCUT2D eigenvalue weighted by molar-refractivity contribution is 0.0600. The molecule has 4 heterocycles. The van der Waals surface area contributed by atoms with E-state index in [1.165, 1.54) is 7.11 Å². The van der Waals surface area contributed by atoms with Gasteiger partial charge in [0, 0.05) is 56.2 Å². The van der Waals surface area contributed by atoms with Crippen LogP contribution in [0.25, 0.3) is 23.5 Å². The van der Waals surface area contributed by atoms with Crippen LogP contribution in [0.2, 0.25) is 0 Å². The number of nitrogens with zero attached hydrogens (tertiary/aromatic N) is 6. The number of methoxy groups -OCH3 is 1. The molecular weight excluding hydrogens is 430 g/mol. The minimum Gasteiger partial charge on any atom is -0.465 e. The Labute approximate surface area is 199 Å². The summed E-state index contributed by atoms with van der Waals surface area (Å²) in [7, 11) is 3.24. The van der Waals surface area contributed by atoms with Gasteiger partial charge in [-0.05, 0) is 31.0 Å². The second-order valence-electron chi connectivity index (χ2n) is 8.12. The Morgan fingerprint density at radius 1 is 1.18 bits per heavy atom. The molecule has 0 aromatic carbocycles. The Balaban J connectivity index is 1.41. The van der Waals surface area contributed by atoms with Crippen molar-refractivity contribution in [2.45, 2.75) is 25.4 Å². The first-order chi connectivity index (χ1) is 16.5. The smallest absolute Gasteiger partial charge is 0.339 e. The number of hydrogen-bond acceptors (Lipinski definition) is 8. The Bertz CT molecular complexity index is 1180. The Hall–Kier alpha value is -3.85. The third-order valence-corrected chi connectivity index (χ3v) is 6.11. The molecule has 1 aliphatic rings. The standard InChI is InChI=1S/C25H29N7O2/c1-5-20-21(6-2)24(30-29-23(20)22-9-12-28-31(22)3)32-13-10-18(11-14-32)27-16-19-8-7-17(15-26-19)25(33)34-4/h5-9,12,15,18,27H,1-2,10-11,13-14,16H2,3-4H3. The molecule has 0 bridgehead atoms. The summed E-state index contributed by atoms with van der Waals surface area (Å²) in [5.74, 6) is 0.448. The van der Waals surface area contributed by atoms with Gasteiger partial charge in [0.2, 0.25) is 0 Å². The maximum absolute atomic E-state index is 11.5. The molecule has 0 unspecified atom stereocenters. The molecule has 34 heavy (non-hydrogen) atoms. The summed E-state index contributed by atoms with van der Waals surface area (Å²) in [5, 5.41) is 16.9. The molecule has 0 radical (unpaired) electrons. The van der Waals surface area contributed by atoms with E-state index in [-0.39, 0.29) is 5.97 Å². The van der Waals surface area contributed by atoms with Gasteiger partial charge in [0.15, 0.2) is 5.82 Å². The number of rotatable bonds is 8. The van der Waals surface area contributed by atoms with Gasteiger partial charge < -0.3 is 15.0 Å². The molecule has 0 aliphatic carbocycles. The first kappa shape index (κ1) is 23.3. The van der Waals surface area contributed by atoms with Crippen molar-refractivity contribution in [3.05, 3.63) is 66.1 Å². The van der Waals surface area contributed by atoms with Gasteiger partial charge in [-0.15, -0.1) is 10.2 Å². The molecule has 3 aromatic rings. The number of pyridine rings is 1. The van der Waals surface area contributed by atoms with E-state index in [1.54, 1.807) is 23.1 Å². The number of carbonyl (C=O) groups excluding carboxylic acids is 1. The van der Waals surface area contributed by atoms with Crippen LogP contribution in [0.5, 0.6) is 0 Å². The first-order valence-electron chi connectivity index (χ1n) is 11.2. The molecule has 0 amide bonds. The van der Waals surface area contributed by atoms with Crippen molar-refractivity contribution in [3.8, 4) is 11.4 Å². The van der Waals surface area contributed by atoms with Gasteiger partial charge in [-0.3, -0.25) is 9.67 Å². The van der Waals surface area contributed by atoms with Gasteiger partial charge in [0.25, 0.3) is 0 Å². The lowest BCUT2D eigenvalue weighted by Crippen LogP contribution is -2.43. The van der Waals surface area contributed by atoms with Crippen LogP contribution in [0.4, 0.5) is 5.82 Å². The van der Waals surface area contributed by atoms with Gasteiger partial charge >= 0.3 is 5.97 Å². The van der Waals surface area contributed by atoms with Gasteiger partial charge in [-0.25, -0.2) is 4.79 Å². The highest BCUT2D eigenvalue weighted by Gasteiger charge is 2.24. The van der Waals surface area contributed by atoms with E-state index in [2.05, 4.69) is 43.7 Å². The van der Waals surface area contributed by atoms with Crippen LogP contribution in [0.15, 0.2) is 43.8 Å². The minimum atomic E-state index is -0.380. The third kappa shape index (κ3) is 4.74. The highest BCUT2D eigenvalue weighted by atomic mass is 16.5. The number of hydrogen-bond donors (Lipinski definition) is 1. The highest BCUT2D eigenvalue weighted by molar-refractivity contribution is 5.88. The molecular formula is C25H29N7O2. The molecule has 1 saturated heterocycles. The van der Waals surface area contributed by atoms with E-state index in [9.17, 15) is 4.79 Å². The van der Waals surface area contributed by atoms with Crippen molar-refractivity contribution in [2.75, 3.05) is 25.1 Å². The summed E-state index contributed by atoms with van der Waals surface area (Å²) in [5.41, 5.74) is 4.81. The Kier molecular flexibility index (Phi) is 7.12. The van der Waals surface area contributed by atoms with Crippen molar-refractivity contribution in [2.24, 2.45) is 7.05 Å². The largest absolute Gasteiger partial charge is 0.465 e. The van der Waals surface area contributed by atoms with Crippen LogP contribution < -0.4 is 10.2 Å². The zero-order valence-electron chi connectivity index (χ0n) is 19.6. The summed E-state index contributed by atoms with van der Waals surface area (Å²) in [4.78, 5) is 18.2. The number of ether oxygens (including phenoxy) is 1. The molecule has 9 heteroatoms. The highest BCUT2D eigenvalue weighted by Crippen LogP contribution is 2.31. The van der Waals surface area contributed by atoms with Crippen LogP contribution in [-0.4, -0.2) is 57.2 Å². The average molecular weight is 460 g/mol. The van der Waals surface area contributed by atoms with Gasteiger partial charge in [-0.1, -0.05) is 25.3 Å². The SMILES string of the molecule is C=Cc1c(-c2ccnn2C)nnc(N2CCC(NCc3ccc(C(=O)OC)cn3)CC2)c1C=C. The van der Waals surface area contributed by atoms with Crippen LogP contribution in [0, 0.1) is 0 Å². The zero-order chi connectivity index (χ0) is 24.1. The topological polar surface area (TPSA) is 98.1 Å². The molecule has 1 fully saturated rings. The Morgan fingerprint density at radius 3 is 2.53 bits per heavy atom. The summed E-state index contributed by atoms with van der Waals surface area (Å²) < 4.78 is 6.49. The van der Waals surface area contributed by atoms with Crippen molar-refractivity contribution in [1.82, 2.24) is 30.3 Å². The lowest BCUT2D eigenvalue weighted by Gasteiger charge is -2.34. The van der Waals surface area contributed by atoms with Crippen molar-refractivity contribution >= 4 is 23.9 Å². The van der Waals surface area contributed by atoms with Crippen molar-refractivity contribution < 1.29 is 9.53 Å². The molecule has 4 rings (SSSR count). The van der Waals surface area contributed by atoms with Crippen LogP contribution in [-0.2, 0) is 18.3 Å². The number of carbonyl (C=O) groups is 1.